The first-order valence-corrected chi connectivity index (χ1v) is 13.4. The van der Waals surface area contributed by atoms with Crippen molar-refractivity contribution in [3.8, 4) is 0 Å². The first-order chi connectivity index (χ1) is 16.7. The summed E-state index contributed by atoms with van der Waals surface area (Å²) < 4.78 is 0. The molecule has 2 aliphatic heterocycles. The van der Waals surface area contributed by atoms with Crippen LogP contribution in [0.2, 0.25) is 0 Å². The molecule has 0 atom stereocenters. The topological polar surface area (TPSA) is 23.6 Å². The first-order valence-electron chi connectivity index (χ1n) is 13.4. The highest BCUT2D eigenvalue weighted by Crippen LogP contribution is 2.34. The van der Waals surface area contributed by atoms with Gasteiger partial charge in [-0.15, -0.1) is 0 Å². The zero-order chi connectivity index (χ0) is 23.5. The van der Waals surface area contributed by atoms with Crippen LogP contribution in [0.1, 0.15) is 74.6 Å². The molecular formula is C31H38N2O. The third-order valence-corrected chi connectivity index (χ3v) is 7.55. The van der Waals surface area contributed by atoms with Crippen LogP contribution in [-0.4, -0.2) is 32.0 Å². The van der Waals surface area contributed by atoms with E-state index in [1.807, 2.05) is 0 Å². The summed E-state index contributed by atoms with van der Waals surface area (Å²) in [5.41, 5.74) is 9.90. The minimum atomic E-state index is 0.232. The van der Waals surface area contributed by atoms with Gasteiger partial charge in [-0.05, 0) is 110 Å². The number of ketones is 1. The van der Waals surface area contributed by atoms with Gasteiger partial charge in [-0.1, -0.05) is 26.0 Å². The number of Topliss-reactive ketones (excluding diaryl/α,β-unsaturated/α-hetero) is 1. The molecule has 0 saturated heterocycles. The molecule has 3 aliphatic rings. The van der Waals surface area contributed by atoms with Crippen molar-refractivity contribution in [3.05, 3.63) is 69.8 Å². The number of carbonyl (C=O) groups excluding carboxylic acids is 1. The van der Waals surface area contributed by atoms with Crippen LogP contribution >= 0.6 is 0 Å². The van der Waals surface area contributed by atoms with E-state index in [1.165, 1.54) is 59.3 Å². The summed E-state index contributed by atoms with van der Waals surface area (Å²) in [6.07, 6.45) is 13.0. The highest BCUT2D eigenvalue weighted by Gasteiger charge is 2.24. The molecule has 2 heterocycles. The Labute approximate surface area is 205 Å². The molecule has 1 fully saturated rings. The maximum atomic E-state index is 13.2. The lowest BCUT2D eigenvalue weighted by Crippen LogP contribution is -2.29. The van der Waals surface area contributed by atoms with Crippen LogP contribution in [0.4, 0.5) is 11.4 Å². The normalized spacial score (nSPS) is 20.2. The van der Waals surface area contributed by atoms with Crippen LogP contribution in [0, 0.1) is 0 Å². The minimum absolute atomic E-state index is 0.232. The maximum Gasteiger partial charge on any atom is 0.185 e. The van der Waals surface area contributed by atoms with Crippen molar-refractivity contribution in [1.29, 1.82) is 0 Å². The second kappa shape index (κ2) is 10.2. The van der Waals surface area contributed by atoms with Crippen LogP contribution in [0.25, 0.3) is 12.2 Å². The number of fused-ring (bicyclic) bond motifs is 2. The summed E-state index contributed by atoms with van der Waals surface area (Å²) in [5.74, 6) is 0.232. The molecule has 3 heteroatoms. The molecule has 0 N–H and O–H groups in total. The van der Waals surface area contributed by atoms with Crippen molar-refractivity contribution in [2.24, 2.45) is 0 Å². The fourth-order valence-electron chi connectivity index (χ4n) is 5.95. The molecule has 5 rings (SSSR count). The van der Waals surface area contributed by atoms with Gasteiger partial charge < -0.3 is 9.80 Å². The van der Waals surface area contributed by atoms with Gasteiger partial charge in [0.1, 0.15) is 0 Å². The average molecular weight is 455 g/mol. The number of nitrogens with zero attached hydrogens (tertiary/aromatic N) is 2. The van der Waals surface area contributed by atoms with Crippen molar-refractivity contribution in [3.63, 3.8) is 0 Å². The lowest BCUT2D eigenvalue weighted by atomic mass is 9.97. The molecular weight excluding hydrogens is 416 g/mol. The van der Waals surface area contributed by atoms with Crippen molar-refractivity contribution < 1.29 is 4.79 Å². The Morgan fingerprint density at radius 1 is 0.706 bits per heavy atom. The van der Waals surface area contributed by atoms with E-state index in [4.69, 9.17) is 0 Å². The van der Waals surface area contributed by atoms with E-state index in [0.29, 0.717) is 0 Å². The minimum Gasteiger partial charge on any atom is -0.371 e. The molecule has 0 aromatic heterocycles. The summed E-state index contributed by atoms with van der Waals surface area (Å²) >= 11 is 0. The largest absolute Gasteiger partial charge is 0.371 e. The molecule has 0 bridgehead atoms. The van der Waals surface area contributed by atoms with Gasteiger partial charge in [0.15, 0.2) is 5.78 Å². The van der Waals surface area contributed by atoms with Crippen LogP contribution < -0.4 is 9.80 Å². The maximum absolute atomic E-state index is 13.2. The summed E-state index contributed by atoms with van der Waals surface area (Å²) in [6, 6.07) is 13.5. The van der Waals surface area contributed by atoms with E-state index in [2.05, 4.69) is 72.2 Å². The van der Waals surface area contributed by atoms with Crippen LogP contribution in [0.15, 0.2) is 47.5 Å². The van der Waals surface area contributed by atoms with Gasteiger partial charge in [-0.2, -0.15) is 0 Å². The Morgan fingerprint density at radius 2 is 1.18 bits per heavy atom. The molecule has 0 unspecified atom stereocenters. The van der Waals surface area contributed by atoms with E-state index in [1.54, 1.807) is 0 Å². The highest BCUT2D eigenvalue weighted by molar-refractivity contribution is 6.15. The Bertz CT molecular complexity index is 1040. The standard InChI is InChI=1S/C31H38N2O/c1-3-15-32-17-5-7-25-19-23(9-13-29(25)32)21-27-11-12-28(31(27)34)22-24-10-14-30-26(20-24)8-6-18-33(30)16-4-2/h9-10,13-14,19-22H,3-8,11-12,15-18H2,1-2H3/b27-21+,28-22+. The van der Waals surface area contributed by atoms with Gasteiger partial charge in [0.05, 0.1) is 0 Å². The van der Waals surface area contributed by atoms with E-state index in [9.17, 15) is 4.79 Å². The van der Waals surface area contributed by atoms with Gasteiger partial charge in [0, 0.05) is 48.7 Å². The smallest absolute Gasteiger partial charge is 0.185 e. The van der Waals surface area contributed by atoms with Gasteiger partial charge in [-0.25, -0.2) is 0 Å². The fraction of sp³-hybridized carbons (Fsp3) is 0.452. The number of aryl methyl sites for hydroxylation is 2. The van der Waals surface area contributed by atoms with Gasteiger partial charge in [0.2, 0.25) is 0 Å². The summed E-state index contributed by atoms with van der Waals surface area (Å²) in [5, 5.41) is 0. The molecule has 3 nitrogen and oxygen atoms in total. The molecule has 1 aliphatic carbocycles. The van der Waals surface area contributed by atoms with Crippen molar-refractivity contribution in [2.45, 2.75) is 65.2 Å². The Balaban J connectivity index is 1.34. The van der Waals surface area contributed by atoms with E-state index < -0.39 is 0 Å². The van der Waals surface area contributed by atoms with Gasteiger partial charge in [0.25, 0.3) is 0 Å². The fourth-order valence-corrected chi connectivity index (χ4v) is 5.95. The number of benzene rings is 2. The van der Waals surface area contributed by atoms with Gasteiger partial charge in [-0.3, -0.25) is 4.79 Å². The first kappa shape index (κ1) is 23.0. The average Bonchev–Trinajstić information content (AvgIpc) is 3.18. The summed E-state index contributed by atoms with van der Waals surface area (Å²) in [6.45, 7) is 9.06. The van der Waals surface area contributed by atoms with Gasteiger partial charge >= 0.3 is 0 Å². The Kier molecular flexibility index (Phi) is 6.89. The summed E-state index contributed by atoms with van der Waals surface area (Å²) in [4.78, 5) is 18.2. The second-order valence-electron chi connectivity index (χ2n) is 10.1. The Morgan fingerprint density at radius 3 is 1.62 bits per heavy atom. The van der Waals surface area contributed by atoms with E-state index >= 15 is 0 Å². The highest BCUT2D eigenvalue weighted by atomic mass is 16.1. The number of hydrogen-bond donors (Lipinski definition) is 0. The molecule has 178 valence electrons. The second-order valence-corrected chi connectivity index (χ2v) is 10.1. The van der Waals surface area contributed by atoms with Crippen LogP contribution in [-0.2, 0) is 17.6 Å². The number of allylic oxidation sites excluding steroid dienone is 2. The summed E-state index contributed by atoms with van der Waals surface area (Å²) in [7, 11) is 0. The molecule has 1 saturated carbocycles. The monoisotopic (exact) mass is 454 g/mol. The third kappa shape index (κ3) is 4.71. The lowest BCUT2D eigenvalue weighted by molar-refractivity contribution is -0.111. The number of hydrogen-bond acceptors (Lipinski definition) is 3. The van der Waals surface area contributed by atoms with Crippen molar-refractivity contribution >= 4 is 29.3 Å². The molecule has 2 aromatic rings. The molecule has 34 heavy (non-hydrogen) atoms. The van der Waals surface area contributed by atoms with Crippen LogP contribution in [0.3, 0.4) is 0 Å². The van der Waals surface area contributed by atoms with Crippen LogP contribution in [0.5, 0.6) is 0 Å². The number of anilines is 2. The predicted octanol–water partition coefficient (Wildman–Crippen LogP) is 6.84. The quantitative estimate of drug-likeness (QED) is 0.446. The number of carbonyl (C=O) groups is 1. The zero-order valence-electron chi connectivity index (χ0n) is 20.9. The molecule has 2 aromatic carbocycles. The van der Waals surface area contributed by atoms with Crippen molar-refractivity contribution in [1.82, 2.24) is 0 Å². The molecule has 0 radical (unpaired) electrons. The van der Waals surface area contributed by atoms with E-state index in [-0.39, 0.29) is 5.78 Å². The lowest BCUT2D eigenvalue weighted by Gasteiger charge is -2.31. The Hall–Kier alpha value is -2.81. The molecule has 0 amide bonds. The zero-order valence-corrected chi connectivity index (χ0v) is 20.9. The molecule has 0 spiro atoms. The number of rotatable bonds is 6. The van der Waals surface area contributed by atoms with Crippen molar-refractivity contribution in [2.75, 3.05) is 36.0 Å². The predicted molar refractivity (Wildman–Crippen MR) is 145 cm³/mol. The third-order valence-electron chi connectivity index (χ3n) is 7.55. The SMILES string of the molecule is CCCN1CCCc2cc(/C=C3\CC/C(=C\c4ccc5c(c4)CCCN5CCC)C3=O)ccc21. The van der Waals surface area contributed by atoms with E-state index in [0.717, 1.165) is 63.0 Å².